The van der Waals surface area contributed by atoms with E-state index in [1.54, 1.807) is 36.4 Å². The second-order valence-corrected chi connectivity index (χ2v) is 14.6. The van der Waals surface area contributed by atoms with Gasteiger partial charge in [-0.25, -0.2) is 4.98 Å². The second kappa shape index (κ2) is 10.2. The van der Waals surface area contributed by atoms with E-state index in [2.05, 4.69) is 8.61 Å². The zero-order chi connectivity index (χ0) is 27.7. The highest BCUT2D eigenvalue weighted by molar-refractivity contribution is 8.32. The first-order chi connectivity index (χ1) is 16.9. The van der Waals surface area contributed by atoms with Gasteiger partial charge in [-0.15, -0.1) is 8.42 Å². The molecule has 3 rings (SSSR count). The topological polar surface area (TPSA) is 78.3 Å². The van der Waals surface area contributed by atoms with Crippen LogP contribution >= 0.6 is 10.3 Å². The Hall–Kier alpha value is -2.76. The lowest BCUT2D eigenvalue weighted by atomic mass is 10.2. The molecule has 0 aliphatic rings. The molecule has 0 bridgehead atoms. The van der Waals surface area contributed by atoms with Gasteiger partial charge in [0.1, 0.15) is 22.7 Å². The van der Waals surface area contributed by atoms with E-state index in [9.17, 15) is 21.6 Å². The summed E-state index contributed by atoms with van der Waals surface area (Å²) in [7, 11) is -9.32. The van der Waals surface area contributed by atoms with Gasteiger partial charge in [-0.3, -0.25) is 3.63 Å². The quantitative estimate of drug-likeness (QED) is 0.170. The Morgan fingerprint density at radius 1 is 0.703 bits per heavy atom. The highest BCUT2D eigenvalue weighted by Gasteiger charge is 2.58. The van der Waals surface area contributed by atoms with Crippen molar-refractivity contribution in [1.82, 2.24) is 4.98 Å². The minimum Gasteiger partial charge on any atom is -0.488 e. The molecule has 0 unspecified atom stereocenters. The van der Waals surface area contributed by atoms with Crippen molar-refractivity contribution in [3.63, 3.8) is 0 Å². The molecular weight excluding hydrogens is 527 g/mol. The van der Waals surface area contributed by atoms with Crippen molar-refractivity contribution >= 4 is 20.4 Å². The van der Waals surface area contributed by atoms with Crippen LogP contribution in [0.25, 0.3) is 0 Å². The van der Waals surface area contributed by atoms with Crippen molar-refractivity contribution < 1.29 is 34.7 Å². The predicted molar refractivity (Wildman–Crippen MR) is 138 cm³/mol. The smallest absolute Gasteiger partial charge is 0.488 e. The van der Waals surface area contributed by atoms with Gasteiger partial charge in [0.2, 0.25) is 0 Å². The van der Waals surface area contributed by atoms with Crippen LogP contribution in [-0.2, 0) is 10.1 Å². The molecule has 1 aromatic heterocycles. The summed E-state index contributed by atoms with van der Waals surface area (Å²) in [4.78, 5) is 4.76. The summed E-state index contributed by atoms with van der Waals surface area (Å²) in [5, 5.41) is 0.0804. The molecule has 1 N–H and O–H groups in total. The number of benzene rings is 2. The lowest BCUT2D eigenvalue weighted by Gasteiger charge is -2.34. The number of pyridine rings is 1. The normalized spacial score (nSPS) is 13.8. The first kappa shape index (κ1) is 28.8. The van der Waals surface area contributed by atoms with Gasteiger partial charge in [-0.1, -0.05) is 6.07 Å². The molecule has 0 aliphatic heterocycles. The maximum Gasteiger partial charge on any atom is 0.572 e. The van der Waals surface area contributed by atoms with Crippen molar-refractivity contribution in [2.75, 3.05) is 0 Å². The highest BCUT2D eigenvalue weighted by atomic mass is 32.3. The van der Waals surface area contributed by atoms with E-state index in [0.717, 1.165) is 0 Å². The monoisotopic (exact) mass is 558 g/mol. The second-order valence-electron chi connectivity index (χ2n) is 10.1. The zero-order valence-electron chi connectivity index (χ0n) is 21.4. The third-order valence-corrected chi connectivity index (χ3v) is 9.64. The van der Waals surface area contributed by atoms with Crippen LogP contribution in [0.4, 0.5) is 13.2 Å². The summed E-state index contributed by atoms with van der Waals surface area (Å²) in [5.41, 5.74) is -6.62. The Labute approximate surface area is 217 Å². The van der Waals surface area contributed by atoms with Crippen LogP contribution in [-0.4, -0.2) is 33.7 Å². The number of hydrogen-bond donors (Lipinski definition) is 0. The summed E-state index contributed by atoms with van der Waals surface area (Å²) < 4.78 is 81.5. The Bertz CT molecular complexity index is 1240. The van der Waals surface area contributed by atoms with Crippen LogP contribution in [0.2, 0.25) is 0 Å². The van der Waals surface area contributed by atoms with Gasteiger partial charge in [-0.2, -0.15) is 13.2 Å². The van der Waals surface area contributed by atoms with E-state index < -0.39 is 37.1 Å². The van der Waals surface area contributed by atoms with Gasteiger partial charge in [0.25, 0.3) is 0 Å². The van der Waals surface area contributed by atoms with Crippen LogP contribution < -0.4 is 9.47 Å². The van der Waals surface area contributed by atoms with Crippen LogP contribution in [0.1, 0.15) is 41.5 Å². The van der Waals surface area contributed by atoms with Crippen molar-refractivity contribution in [1.29, 1.82) is 0 Å². The third-order valence-electron chi connectivity index (χ3n) is 4.62. The summed E-state index contributed by atoms with van der Waals surface area (Å²) in [5.74, 6) is 0.941. The number of nitrogens with zero attached hydrogens (tertiary/aromatic N) is 1. The van der Waals surface area contributed by atoms with E-state index in [4.69, 9.17) is 9.47 Å². The van der Waals surface area contributed by atoms with Gasteiger partial charge >= 0.3 is 15.6 Å². The van der Waals surface area contributed by atoms with Crippen LogP contribution in [0.15, 0.2) is 87.7 Å². The van der Waals surface area contributed by atoms with Crippen LogP contribution in [0.5, 0.6) is 11.5 Å². The Balaban J connectivity index is 2.29. The number of alkyl halides is 3. The molecule has 0 saturated carbocycles. The van der Waals surface area contributed by atoms with Crippen molar-refractivity contribution in [3.8, 4) is 11.5 Å². The van der Waals surface area contributed by atoms with E-state index >= 15 is 0 Å². The fraction of sp³-hybridized carbons (Fsp3) is 0.346. The number of halogens is 3. The lowest BCUT2D eigenvalue weighted by Crippen LogP contribution is -2.31. The zero-order valence-corrected chi connectivity index (χ0v) is 23.0. The molecule has 0 spiro atoms. The molecule has 0 aliphatic carbocycles. The van der Waals surface area contributed by atoms with E-state index in [-0.39, 0.29) is 14.8 Å². The highest BCUT2D eigenvalue weighted by Crippen LogP contribution is 2.68. The standard InChI is InChI=1S/C26H30F3NO5S2/c1-24(2,3)33-19-10-14-21(15-11-19)36(23-9-7-8-18-30-23,35-37(31,32)26(27,28)29)22-16-12-20(13-17-22)34-25(4,5)6/h7-18H,1-6H3/p+1. The number of ether oxygens (including phenoxy) is 2. The fourth-order valence-corrected chi connectivity index (χ4v) is 8.14. The molecule has 0 saturated heterocycles. The molecule has 3 aromatic rings. The van der Waals surface area contributed by atoms with Gasteiger partial charge in [0.05, 0.1) is 20.1 Å². The van der Waals surface area contributed by atoms with Gasteiger partial charge in [0, 0.05) is 6.20 Å². The predicted octanol–water partition coefficient (Wildman–Crippen LogP) is 7.58. The minimum absolute atomic E-state index is 0.0804. The Morgan fingerprint density at radius 2 is 1.14 bits per heavy atom. The molecule has 0 atom stereocenters. The summed E-state index contributed by atoms with van der Waals surface area (Å²) in [6, 6.07) is 17.1. The Kier molecular flexibility index (Phi) is 7.93. The average molecular weight is 559 g/mol. The maximum absolute atomic E-state index is 13.7. The molecule has 0 radical (unpaired) electrons. The molecule has 1 heterocycles. The van der Waals surface area contributed by atoms with Crippen molar-refractivity contribution in [3.05, 3.63) is 72.9 Å². The molecular formula is C26H31F3NO5S2+. The molecule has 11 heteroatoms. The molecule has 6 nitrogen and oxygen atoms in total. The molecule has 0 amide bonds. The Morgan fingerprint density at radius 3 is 1.46 bits per heavy atom. The van der Waals surface area contributed by atoms with Crippen LogP contribution in [0, 0.1) is 0 Å². The first-order valence-electron chi connectivity index (χ1n) is 11.3. The largest absolute Gasteiger partial charge is 0.572 e. The van der Waals surface area contributed by atoms with E-state index in [1.807, 2.05) is 41.5 Å². The summed E-state index contributed by atoms with van der Waals surface area (Å²) in [6.07, 6.45) is 1.39. The van der Waals surface area contributed by atoms with Gasteiger partial charge < -0.3 is 9.47 Å². The first-order valence-corrected chi connectivity index (χ1v) is 14.3. The van der Waals surface area contributed by atoms with Gasteiger partial charge in [-0.05, 0) is 102 Å². The van der Waals surface area contributed by atoms with Gasteiger partial charge in [0.15, 0.2) is 5.03 Å². The number of hydrogen-bond acceptors (Lipinski definition) is 5. The van der Waals surface area contributed by atoms with Crippen molar-refractivity contribution in [2.45, 2.75) is 73.1 Å². The van der Waals surface area contributed by atoms with Crippen LogP contribution in [0.3, 0.4) is 0 Å². The fourth-order valence-electron chi connectivity index (χ4n) is 3.33. The number of rotatable bonds is 7. The molecule has 2 aromatic carbocycles. The minimum atomic E-state index is -5.92. The molecule has 37 heavy (non-hydrogen) atoms. The lowest BCUT2D eigenvalue weighted by molar-refractivity contribution is -0.0540. The maximum atomic E-state index is 13.7. The van der Waals surface area contributed by atoms with Crippen molar-refractivity contribution in [2.24, 2.45) is 0 Å². The van der Waals surface area contributed by atoms with E-state index in [1.165, 1.54) is 36.5 Å². The number of aromatic nitrogens is 1. The molecule has 0 fully saturated rings. The summed E-state index contributed by atoms with van der Waals surface area (Å²) >= 11 is 0. The summed E-state index contributed by atoms with van der Waals surface area (Å²) in [6.45, 7) is 11.1. The van der Waals surface area contributed by atoms with E-state index in [0.29, 0.717) is 11.5 Å². The third kappa shape index (κ3) is 6.97. The average Bonchev–Trinajstić information content (AvgIpc) is 2.76. The SMILES string of the molecule is CC(C)(C)Oc1ccc(S([OH+]S(=O)(=O)C(F)(F)F)(c2ccc(OC(C)(C)C)cc2)c2ccccn2)cc1. The molecule has 202 valence electrons.